The van der Waals surface area contributed by atoms with E-state index in [2.05, 4.69) is 0 Å². The zero-order valence-corrected chi connectivity index (χ0v) is 10.9. The molecule has 0 N–H and O–H groups in total. The second-order valence-electron chi connectivity index (χ2n) is 5.93. The molecule has 2 aliphatic carbocycles. The van der Waals surface area contributed by atoms with Gasteiger partial charge in [0.2, 0.25) is 0 Å². The molecule has 15 heavy (non-hydrogen) atoms. The highest BCUT2D eigenvalue weighted by molar-refractivity contribution is 7.59. The Labute approximate surface area is 96.0 Å². The van der Waals surface area contributed by atoms with Gasteiger partial charge in [-0.1, -0.05) is 25.7 Å². The summed E-state index contributed by atoms with van der Waals surface area (Å²) >= 11 is 0. The predicted molar refractivity (Wildman–Crippen MR) is 69.0 cm³/mol. The molecule has 1 heterocycles. The number of rotatable bonds is 2. The number of hydrogen-bond acceptors (Lipinski definition) is 0. The predicted octanol–water partition coefficient (Wildman–Crippen LogP) is 4.76. The summed E-state index contributed by atoms with van der Waals surface area (Å²) < 4.78 is 0. The molecule has 0 nitrogen and oxygen atoms in total. The minimum Gasteiger partial charge on any atom is -0.100 e. The summed E-state index contributed by atoms with van der Waals surface area (Å²) in [6.07, 6.45) is 17.5. The van der Waals surface area contributed by atoms with E-state index in [1.165, 1.54) is 17.2 Å². The lowest BCUT2D eigenvalue weighted by molar-refractivity contribution is 0.502. The van der Waals surface area contributed by atoms with Crippen molar-refractivity contribution in [3.63, 3.8) is 0 Å². The van der Waals surface area contributed by atoms with Crippen LogP contribution in [-0.2, 0) is 0 Å². The van der Waals surface area contributed by atoms with Crippen LogP contribution in [0.5, 0.6) is 0 Å². The van der Waals surface area contributed by atoms with E-state index in [0.717, 1.165) is 0 Å². The first-order chi connectivity index (χ1) is 7.45. The lowest BCUT2D eigenvalue weighted by Gasteiger charge is -2.30. The molecular weight excluding hydrogens is 199 g/mol. The van der Waals surface area contributed by atoms with Gasteiger partial charge in [0, 0.05) is 0 Å². The molecule has 0 spiro atoms. The molecule has 0 aromatic carbocycles. The second-order valence-corrected chi connectivity index (χ2v) is 8.80. The Bertz CT molecular complexity index is 179. The molecule has 0 bridgehead atoms. The van der Waals surface area contributed by atoms with E-state index in [4.69, 9.17) is 0 Å². The van der Waals surface area contributed by atoms with Crippen molar-refractivity contribution in [1.82, 2.24) is 0 Å². The molecule has 2 atom stereocenters. The van der Waals surface area contributed by atoms with Crippen molar-refractivity contribution in [3.05, 3.63) is 0 Å². The van der Waals surface area contributed by atoms with Gasteiger partial charge in [0.05, 0.1) is 0 Å². The van der Waals surface area contributed by atoms with Crippen LogP contribution in [0, 0.1) is 5.92 Å². The van der Waals surface area contributed by atoms with Gasteiger partial charge in [-0.15, -0.1) is 7.92 Å². The molecular formula is C14H25P. The minimum absolute atomic E-state index is 0.479. The van der Waals surface area contributed by atoms with Crippen LogP contribution in [0.4, 0.5) is 0 Å². The second kappa shape index (κ2) is 4.74. The molecule has 1 saturated heterocycles. The third kappa shape index (κ3) is 2.12. The van der Waals surface area contributed by atoms with Crippen molar-refractivity contribution >= 4 is 7.92 Å². The van der Waals surface area contributed by atoms with Crippen molar-refractivity contribution < 1.29 is 0 Å². The fourth-order valence-corrected chi connectivity index (χ4v) is 8.52. The Morgan fingerprint density at radius 3 is 2.07 bits per heavy atom. The van der Waals surface area contributed by atoms with E-state index in [1.54, 1.807) is 70.4 Å². The van der Waals surface area contributed by atoms with Gasteiger partial charge >= 0.3 is 0 Å². The van der Waals surface area contributed by atoms with Gasteiger partial charge in [-0.2, -0.15) is 0 Å². The van der Waals surface area contributed by atoms with E-state index < -0.39 is 0 Å². The normalized spacial score (nSPS) is 39.2. The fraction of sp³-hybridized carbons (Fsp3) is 1.00. The summed E-state index contributed by atoms with van der Waals surface area (Å²) in [5.41, 5.74) is 2.44. The smallest absolute Gasteiger partial charge is 0.0178 e. The first-order valence-electron chi connectivity index (χ1n) is 7.21. The highest BCUT2D eigenvalue weighted by Gasteiger charge is 2.39. The van der Waals surface area contributed by atoms with Crippen LogP contribution in [0.3, 0.4) is 0 Å². The molecule has 0 amide bonds. The van der Waals surface area contributed by atoms with Crippen molar-refractivity contribution in [1.29, 1.82) is 0 Å². The molecule has 1 aliphatic heterocycles. The maximum absolute atomic E-state index is 1.65. The summed E-state index contributed by atoms with van der Waals surface area (Å²) in [4.78, 5) is 0. The monoisotopic (exact) mass is 224 g/mol. The zero-order valence-electron chi connectivity index (χ0n) is 9.96. The van der Waals surface area contributed by atoms with Gasteiger partial charge in [-0.3, -0.25) is 0 Å². The first-order valence-corrected chi connectivity index (χ1v) is 8.87. The molecule has 2 saturated carbocycles. The molecule has 2 unspecified atom stereocenters. The van der Waals surface area contributed by atoms with Crippen molar-refractivity contribution in [3.8, 4) is 0 Å². The quantitative estimate of drug-likeness (QED) is 0.593. The first kappa shape index (κ1) is 10.6. The average molecular weight is 224 g/mol. The summed E-state index contributed by atoms with van der Waals surface area (Å²) in [7, 11) is 0.479. The Hall–Kier alpha value is 0.430. The van der Waals surface area contributed by atoms with Crippen LogP contribution in [0.25, 0.3) is 0 Å². The van der Waals surface area contributed by atoms with Crippen LogP contribution in [0.1, 0.15) is 64.2 Å². The maximum Gasteiger partial charge on any atom is -0.0178 e. The van der Waals surface area contributed by atoms with Gasteiger partial charge in [-0.25, -0.2) is 0 Å². The van der Waals surface area contributed by atoms with Gasteiger partial charge in [0.25, 0.3) is 0 Å². The molecule has 3 aliphatic rings. The maximum atomic E-state index is 1.65. The van der Waals surface area contributed by atoms with E-state index in [0.29, 0.717) is 7.92 Å². The molecule has 0 radical (unpaired) electrons. The molecule has 3 fully saturated rings. The van der Waals surface area contributed by atoms with Crippen LogP contribution in [0.2, 0.25) is 0 Å². The summed E-state index contributed by atoms with van der Waals surface area (Å²) in [5.74, 6) is 1.18. The van der Waals surface area contributed by atoms with Crippen LogP contribution in [0.15, 0.2) is 0 Å². The van der Waals surface area contributed by atoms with Crippen LogP contribution >= 0.6 is 7.92 Å². The Kier molecular flexibility index (Phi) is 3.34. The van der Waals surface area contributed by atoms with Crippen molar-refractivity contribution in [2.24, 2.45) is 5.92 Å². The molecule has 86 valence electrons. The highest BCUT2D eigenvalue weighted by atomic mass is 31.1. The Morgan fingerprint density at radius 2 is 1.33 bits per heavy atom. The molecule has 3 rings (SSSR count). The third-order valence-corrected chi connectivity index (χ3v) is 8.90. The highest BCUT2D eigenvalue weighted by Crippen LogP contribution is 2.61. The Morgan fingerprint density at radius 1 is 0.667 bits per heavy atom. The van der Waals surface area contributed by atoms with Crippen molar-refractivity contribution in [2.75, 3.05) is 6.16 Å². The van der Waals surface area contributed by atoms with E-state index in [1.807, 2.05) is 0 Å². The third-order valence-electron chi connectivity index (χ3n) is 5.08. The lowest BCUT2D eigenvalue weighted by Crippen LogP contribution is -2.17. The molecule has 1 heteroatoms. The van der Waals surface area contributed by atoms with Crippen molar-refractivity contribution in [2.45, 2.75) is 75.5 Å². The SMILES string of the molecule is C1CCC(C2CCCP2C2CCCC2)C1. The molecule has 0 aromatic rings. The fourth-order valence-electron chi connectivity index (χ4n) is 4.35. The van der Waals surface area contributed by atoms with E-state index in [9.17, 15) is 0 Å². The van der Waals surface area contributed by atoms with E-state index in [-0.39, 0.29) is 0 Å². The van der Waals surface area contributed by atoms with Gasteiger partial charge in [0.15, 0.2) is 0 Å². The van der Waals surface area contributed by atoms with Crippen LogP contribution < -0.4 is 0 Å². The molecule has 0 aromatic heterocycles. The Balaban J connectivity index is 1.65. The summed E-state index contributed by atoms with van der Waals surface area (Å²) in [6, 6.07) is 0. The largest absolute Gasteiger partial charge is 0.100 e. The lowest BCUT2D eigenvalue weighted by atomic mass is 10.0. The topological polar surface area (TPSA) is 0 Å². The number of hydrogen-bond donors (Lipinski definition) is 0. The van der Waals surface area contributed by atoms with Crippen LogP contribution in [-0.4, -0.2) is 17.5 Å². The van der Waals surface area contributed by atoms with Gasteiger partial charge in [0.1, 0.15) is 0 Å². The van der Waals surface area contributed by atoms with E-state index >= 15 is 0 Å². The zero-order chi connectivity index (χ0) is 10.1. The summed E-state index contributed by atoms with van der Waals surface area (Å²) in [5, 5.41) is 0. The minimum atomic E-state index is 0.479. The standard InChI is InChI=1S/C14H25P/c1-2-7-12(6-1)14-10-5-11-15(14)13-8-3-4-9-13/h12-14H,1-11H2. The van der Waals surface area contributed by atoms with Gasteiger partial charge < -0.3 is 0 Å². The average Bonchev–Trinajstić information content (AvgIpc) is 3.01. The van der Waals surface area contributed by atoms with Gasteiger partial charge in [-0.05, 0) is 61.9 Å². The summed E-state index contributed by atoms with van der Waals surface area (Å²) in [6.45, 7) is 0.